The zero-order chi connectivity index (χ0) is 12.4. The SMILES string of the molecule is CC.CC.Cc1ccc([C@H](C)N)c(Cl)c1. The molecule has 0 bridgehead atoms. The van der Waals surface area contributed by atoms with Crippen LogP contribution in [0.3, 0.4) is 0 Å². The van der Waals surface area contributed by atoms with Gasteiger partial charge < -0.3 is 5.73 Å². The monoisotopic (exact) mass is 229 g/mol. The number of benzene rings is 1. The molecule has 0 aliphatic heterocycles. The van der Waals surface area contributed by atoms with Gasteiger partial charge in [-0.2, -0.15) is 0 Å². The van der Waals surface area contributed by atoms with Crippen molar-refractivity contribution < 1.29 is 0 Å². The van der Waals surface area contributed by atoms with Crippen molar-refractivity contribution in [2.75, 3.05) is 0 Å². The van der Waals surface area contributed by atoms with Gasteiger partial charge in [-0.1, -0.05) is 51.4 Å². The van der Waals surface area contributed by atoms with E-state index in [-0.39, 0.29) is 6.04 Å². The van der Waals surface area contributed by atoms with E-state index in [1.165, 1.54) is 5.56 Å². The summed E-state index contributed by atoms with van der Waals surface area (Å²) in [6.07, 6.45) is 0. The fourth-order valence-corrected chi connectivity index (χ4v) is 1.41. The fourth-order valence-electron chi connectivity index (χ4n) is 1.00. The van der Waals surface area contributed by atoms with Crippen LogP contribution in [0.15, 0.2) is 18.2 Å². The van der Waals surface area contributed by atoms with Crippen LogP contribution in [-0.2, 0) is 0 Å². The summed E-state index contributed by atoms with van der Waals surface area (Å²) < 4.78 is 0. The summed E-state index contributed by atoms with van der Waals surface area (Å²) in [6.45, 7) is 11.9. The number of hydrogen-bond acceptors (Lipinski definition) is 1. The molecule has 0 unspecified atom stereocenters. The molecular formula is C13H24ClN. The van der Waals surface area contributed by atoms with E-state index >= 15 is 0 Å². The normalized spacial score (nSPS) is 10.4. The molecule has 0 aliphatic rings. The van der Waals surface area contributed by atoms with Gasteiger partial charge in [-0.15, -0.1) is 0 Å². The zero-order valence-electron chi connectivity index (χ0n) is 10.8. The molecule has 1 atom stereocenters. The summed E-state index contributed by atoms with van der Waals surface area (Å²) in [5.41, 5.74) is 7.86. The van der Waals surface area contributed by atoms with Gasteiger partial charge in [0.25, 0.3) is 0 Å². The van der Waals surface area contributed by atoms with Crippen molar-refractivity contribution in [1.29, 1.82) is 0 Å². The van der Waals surface area contributed by atoms with Crippen LogP contribution >= 0.6 is 11.6 Å². The van der Waals surface area contributed by atoms with E-state index < -0.39 is 0 Å². The summed E-state index contributed by atoms with van der Waals surface area (Å²) in [5.74, 6) is 0. The minimum absolute atomic E-state index is 0.0168. The first-order valence-corrected chi connectivity index (χ1v) is 6.00. The number of halogens is 1. The maximum atomic E-state index is 5.94. The Morgan fingerprint density at radius 2 is 1.60 bits per heavy atom. The second-order valence-electron chi connectivity index (χ2n) is 2.81. The molecule has 1 aromatic rings. The second kappa shape index (κ2) is 10.0. The summed E-state index contributed by atoms with van der Waals surface area (Å²) in [6, 6.07) is 5.94. The molecule has 0 saturated heterocycles. The topological polar surface area (TPSA) is 26.0 Å². The summed E-state index contributed by atoms with van der Waals surface area (Å²) >= 11 is 5.94. The quantitative estimate of drug-likeness (QED) is 0.741. The van der Waals surface area contributed by atoms with Gasteiger partial charge in [0.15, 0.2) is 0 Å². The molecule has 88 valence electrons. The molecule has 0 heterocycles. The first kappa shape index (κ1) is 16.9. The molecule has 0 spiro atoms. The molecule has 0 radical (unpaired) electrons. The number of hydrogen-bond donors (Lipinski definition) is 1. The van der Waals surface area contributed by atoms with Crippen LogP contribution in [0, 0.1) is 6.92 Å². The molecule has 2 N–H and O–H groups in total. The van der Waals surface area contributed by atoms with Crippen molar-refractivity contribution in [3.63, 3.8) is 0 Å². The molecule has 0 saturated carbocycles. The summed E-state index contributed by atoms with van der Waals surface area (Å²) in [7, 11) is 0. The number of aryl methyl sites for hydroxylation is 1. The van der Waals surface area contributed by atoms with E-state index in [4.69, 9.17) is 17.3 Å². The molecule has 0 aliphatic carbocycles. The Morgan fingerprint density at radius 1 is 1.13 bits per heavy atom. The van der Waals surface area contributed by atoms with Crippen LogP contribution in [0.1, 0.15) is 51.8 Å². The van der Waals surface area contributed by atoms with E-state index in [0.717, 1.165) is 10.6 Å². The van der Waals surface area contributed by atoms with Crippen LogP contribution in [0.5, 0.6) is 0 Å². The number of rotatable bonds is 1. The predicted octanol–water partition coefficient (Wildman–Crippen LogP) is 4.72. The average molecular weight is 230 g/mol. The highest BCUT2D eigenvalue weighted by Crippen LogP contribution is 2.21. The molecule has 1 nitrogen and oxygen atoms in total. The standard InChI is InChI=1S/C9H12ClN.2C2H6/c1-6-3-4-8(7(2)11)9(10)5-6;2*1-2/h3-5,7H,11H2,1-2H3;2*1-2H3/t7-;;/m0../s1. The molecule has 15 heavy (non-hydrogen) atoms. The predicted molar refractivity (Wildman–Crippen MR) is 71.5 cm³/mol. The fraction of sp³-hybridized carbons (Fsp3) is 0.538. The van der Waals surface area contributed by atoms with E-state index in [1.54, 1.807) is 0 Å². The highest BCUT2D eigenvalue weighted by atomic mass is 35.5. The van der Waals surface area contributed by atoms with Crippen molar-refractivity contribution in [1.82, 2.24) is 0 Å². The van der Waals surface area contributed by atoms with Crippen molar-refractivity contribution >= 4 is 11.6 Å². The van der Waals surface area contributed by atoms with Gasteiger partial charge in [-0.3, -0.25) is 0 Å². The van der Waals surface area contributed by atoms with Gasteiger partial charge in [-0.05, 0) is 31.0 Å². The first-order valence-electron chi connectivity index (χ1n) is 5.63. The van der Waals surface area contributed by atoms with E-state index in [1.807, 2.05) is 59.7 Å². The molecule has 0 amide bonds. The Hall–Kier alpha value is -0.530. The van der Waals surface area contributed by atoms with Crippen molar-refractivity contribution in [2.45, 2.75) is 47.6 Å². The van der Waals surface area contributed by atoms with Crippen LogP contribution in [0.4, 0.5) is 0 Å². The van der Waals surface area contributed by atoms with Crippen LogP contribution in [-0.4, -0.2) is 0 Å². The number of nitrogens with two attached hydrogens (primary N) is 1. The minimum atomic E-state index is 0.0168. The van der Waals surface area contributed by atoms with Crippen molar-refractivity contribution in [2.24, 2.45) is 5.73 Å². The second-order valence-corrected chi connectivity index (χ2v) is 3.22. The molecular weight excluding hydrogens is 206 g/mol. The lowest BCUT2D eigenvalue weighted by molar-refractivity contribution is 0.818. The lowest BCUT2D eigenvalue weighted by Crippen LogP contribution is -2.05. The lowest BCUT2D eigenvalue weighted by Gasteiger charge is -2.07. The third kappa shape index (κ3) is 6.53. The lowest BCUT2D eigenvalue weighted by atomic mass is 10.1. The van der Waals surface area contributed by atoms with Crippen molar-refractivity contribution in [3.8, 4) is 0 Å². The molecule has 0 fully saturated rings. The van der Waals surface area contributed by atoms with Gasteiger partial charge in [0.1, 0.15) is 0 Å². The molecule has 0 aromatic heterocycles. The maximum Gasteiger partial charge on any atom is 0.0456 e. The minimum Gasteiger partial charge on any atom is -0.324 e. The van der Waals surface area contributed by atoms with Crippen LogP contribution in [0.2, 0.25) is 5.02 Å². The molecule has 2 heteroatoms. The average Bonchev–Trinajstić information content (AvgIpc) is 2.23. The van der Waals surface area contributed by atoms with Crippen LogP contribution < -0.4 is 5.73 Å². The summed E-state index contributed by atoms with van der Waals surface area (Å²) in [4.78, 5) is 0. The van der Waals surface area contributed by atoms with Gasteiger partial charge in [0.2, 0.25) is 0 Å². The Bertz CT molecular complexity index is 257. The van der Waals surface area contributed by atoms with Crippen LogP contribution in [0.25, 0.3) is 0 Å². The highest BCUT2D eigenvalue weighted by Gasteiger charge is 2.03. The Morgan fingerprint density at radius 3 is 1.93 bits per heavy atom. The van der Waals surface area contributed by atoms with Gasteiger partial charge in [0.05, 0.1) is 0 Å². The van der Waals surface area contributed by atoms with Gasteiger partial charge in [0, 0.05) is 11.1 Å². The third-order valence-corrected chi connectivity index (χ3v) is 1.97. The molecule has 1 rings (SSSR count). The maximum absolute atomic E-state index is 5.94. The van der Waals surface area contributed by atoms with Gasteiger partial charge in [-0.25, -0.2) is 0 Å². The summed E-state index contributed by atoms with van der Waals surface area (Å²) in [5, 5.41) is 0.764. The van der Waals surface area contributed by atoms with E-state index in [9.17, 15) is 0 Å². The van der Waals surface area contributed by atoms with Crippen molar-refractivity contribution in [3.05, 3.63) is 34.3 Å². The van der Waals surface area contributed by atoms with Gasteiger partial charge >= 0.3 is 0 Å². The Balaban J connectivity index is 0. The smallest absolute Gasteiger partial charge is 0.0456 e. The van der Waals surface area contributed by atoms with E-state index in [2.05, 4.69) is 0 Å². The highest BCUT2D eigenvalue weighted by molar-refractivity contribution is 6.31. The zero-order valence-corrected chi connectivity index (χ0v) is 11.5. The Labute approximate surface area is 99.6 Å². The van der Waals surface area contributed by atoms with E-state index in [0.29, 0.717) is 0 Å². The molecule has 1 aromatic carbocycles. The largest absolute Gasteiger partial charge is 0.324 e. The Kier molecular flexibility index (Phi) is 11.3. The third-order valence-electron chi connectivity index (χ3n) is 1.65. The first-order chi connectivity index (χ1) is 7.11.